The number of methoxy groups -OCH3 is 1. The molecule has 1 saturated heterocycles. The molecule has 1 N–H and O–H groups in total. The average molecular weight is 341 g/mol. The lowest BCUT2D eigenvalue weighted by molar-refractivity contribution is -0.120. The summed E-state index contributed by atoms with van der Waals surface area (Å²) < 4.78 is 35.3. The lowest BCUT2D eigenvalue weighted by Crippen LogP contribution is -2.41. The van der Waals surface area contributed by atoms with Gasteiger partial charge in [0.2, 0.25) is 5.91 Å². The van der Waals surface area contributed by atoms with Crippen molar-refractivity contribution in [2.75, 3.05) is 20.3 Å². The van der Waals surface area contributed by atoms with Gasteiger partial charge in [-0.25, -0.2) is 8.42 Å². The van der Waals surface area contributed by atoms with Crippen LogP contribution in [0.1, 0.15) is 25.3 Å². The van der Waals surface area contributed by atoms with Gasteiger partial charge in [0.25, 0.3) is 0 Å². The van der Waals surface area contributed by atoms with E-state index in [1.54, 1.807) is 24.3 Å². The number of rotatable bonds is 7. The van der Waals surface area contributed by atoms with Gasteiger partial charge in [0.1, 0.15) is 11.0 Å². The number of ether oxygens (including phenoxy) is 2. The van der Waals surface area contributed by atoms with Crippen molar-refractivity contribution >= 4 is 15.7 Å². The Bertz CT molecular complexity index is 638. The molecule has 0 unspecified atom stereocenters. The first-order chi connectivity index (χ1) is 10.9. The van der Waals surface area contributed by atoms with E-state index in [2.05, 4.69) is 5.32 Å². The zero-order valence-electron chi connectivity index (χ0n) is 13.4. The molecule has 1 heterocycles. The molecular formula is C16H23NO5S. The predicted molar refractivity (Wildman–Crippen MR) is 87.1 cm³/mol. The summed E-state index contributed by atoms with van der Waals surface area (Å²) in [5.41, 5.74) is 0.600. The van der Waals surface area contributed by atoms with Crippen LogP contribution in [0.4, 0.5) is 0 Å². The maximum atomic E-state index is 12.4. The van der Waals surface area contributed by atoms with Crippen molar-refractivity contribution in [1.29, 1.82) is 0 Å². The van der Waals surface area contributed by atoms with Gasteiger partial charge in [-0.05, 0) is 37.5 Å². The molecule has 2 atom stereocenters. The van der Waals surface area contributed by atoms with Gasteiger partial charge in [-0.2, -0.15) is 0 Å². The van der Waals surface area contributed by atoms with Crippen molar-refractivity contribution in [1.82, 2.24) is 5.32 Å². The second kappa shape index (κ2) is 7.79. The Labute approximate surface area is 137 Å². The maximum absolute atomic E-state index is 12.4. The summed E-state index contributed by atoms with van der Waals surface area (Å²) >= 11 is 0. The number of nitrogens with one attached hydrogen (secondary N) is 1. The fourth-order valence-corrected chi connectivity index (χ4v) is 3.75. The average Bonchev–Trinajstić information content (AvgIpc) is 3.05. The van der Waals surface area contributed by atoms with Gasteiger partial charge in [0.15, 0.2) is 9.84 Å². The first-order valence-electron chi connectivity index (χ1n) is 7.66. The molecule has 23 heavy (non-hydrogen) atoms. The van der Waals surface area contributed by atoms with Crippen LogP contribution in [0.5, 0.6) is 5.75 Å². The number of carbonyl (C=O) groups excluding carboxylic acids is 1. The largest absolute Gasteiger partial charge is 0.497 e. The van der Waals surface area contributed by atoms with Gasteiger partial charge in [0, 0.05) is 13.2 Å². The minimum atomic E-state index is -3.59. The molecule has 0 aliphatic carbocycles. The number of amides is 1. The number of hydrogen-bond acceptors (Lipinski definition) is 5. The summed E-state index contributed by atoms with van der Waals surface area (Å²) in [5.74, 6) is -0.0878. The standard InChI is InChI=1S/C16H23NO5S/c1-12(16(18)17-10-15-7-4-8-22-15)23(19,20)11-13-5-3-6-14(9-13)21-2/h3,5-6,9,12,15H,4,7-8,10-11H2,1-2H3,(H,17,18)/t12-,15+/m0/s1. The van der Waals surface area contributed by atoms with Gasteiger partial charge >= 0.3 is 0 Å². The molecule has 0 saturated carbocycles. The Hall–Kier alpha value is -1.60. The minimum Gasteiger partial charge on any atom is -0.497 e. The Morgan fingerprint density at radius 2 is 2.26 bits per heavy atom. The molecule has 1 aliphatic heterocycles. The van der Waals surface area contributed by atoms with Gasteiger partial charge in [0.05, 0.1) is 19.0 Å². The number of carbonyl (C=O) groups is 1. The van der Waals surface area contributed by atoms with Crippen LogP contribution in [0, 0.1) is 0 Å². The topological polar surface area (TPSA) is 81.7 Å². The van der Waals surface area contributed by atoms with E-state index in [1.807, 2.05) is 0 Å². The smallest absolute Gasteiger partial charge is 0.238 e. The van der Waals surface area contributed by atoms with Crippen LogP contribution < -0.4 is 10.1 Å². The van der Waals surface area contributed by atoms with Crippen LogP contribution in [0.25, 0.3) is 0 Å². The lowest BCUT2D eigenvalue weighted by Gasteiger charge is -2.16. The molecule has 0 bridgehead atoms. The molecule has 1 fully saturated rings. The summed E-state index contributed by atoms with van der Waals surface area (Å²) in [5, 5.41) is 1.57. The van der Waals surface area contributed by atoms with Gasteiger partial charge in [-0.3, -0.25) is 4.79 Å². The van der Waals surface area contributed by atoms with E-state index in [4.69, 9.17) is 9.47 Å². The highest BCUT2D eigenvalue weighted by molar-refractivity contribution is 7.92. The summed E-state index contributed by atoms with van der Waals surface area (Å²) in [6, 6.07) is 6.84. The molecule has 0 radical (unpaired) electrons. The van der Waals surface area contributed by atoms with E-state index < -0.39 is 21.0 Å². The Kier molecular flexibility index (Phi) is 6.01. The highest BCUT2D eigenvalue weighted by Crippen LogP contribution is 2.17. The summed E-state index contributed by atoms with van der Waals surface area (Å²) in [6.07, 6.45) is 1.86. The molecule has 1 aromatic carbocycles. The van der Waals surface area contributed by atoms with Crippen molar-refractivity contribution < 1.29 is 22.7 Å². The molecule has 0 aromatic heterocycles. The van der Waals surface area contributed by atoms with E-state index in [-0.39, 0.29) is 11.9 Å². The molecular weight excluding hydrogens is 318 g/mol. The molecule has 1 aromatic rings. The molecule has 1 aliphatic rings. The number of hydrogen-bond donors (Lipinski definition) is 1. The van der Waals surface area contributed by atoms with Gasteiger partial charge < -0.3 is 14.8 Å². The first-order valence-corrected chi connectivity index (χ1v) is 9.38. The minimum absolute atomic E-state index is 0.00719. The third-order valence-corrected chi connectivity index (χ3v) is 5.96. The van der Waals surface area contributed by atoms with Crippen LogP contribution in [0.15, 0.2) is 24.3 Å². The summed E-state index contributed by atoms with van der Waals surface area (Å²) in [4.78, 5) is 12.1. The zero-order valence-corrected chi connectivity index (χ0v) is 14.3. The van der Waals surface area contributed by atoms with Gasteiger partial charge in [-0.1, -0.05) is 12.1 Å². The summed E-state index contributed by atoms with van der Waals surface area (Å²) in [7, 11) is -2.07. The van der Waals surface area contributed by atoms with Crippen LogP contribution in [-0.4, -0.2) is 45.9 Å². The second-order valence-corrected chi connectivity index (χ2v) is 8.00. The zero-order chi connectivity index (χ0) is 16.9. The van der Waals surface area contributed by atoms with Gasteiger partial charge in [-0.15, -0.1) is 0 Å². The van der Waals surface area contributed by atoms with Crippen molar-refractivity contribution in [3.8, 4) is 5.75 Å². The van der Waals surface area contributed by atoms with E-state index >= 15 is 0 Å². The molecule has 7 heteroatoms. The fraction of sp³-hybridized carbons (Fsp3) is 0.562. The third kappa shape index (κ3) is 4.94. The van der Waals surface area contributed by atoms with Crippen molar-refractivity contribution in [3.05, 3.63) is 29.8 Å². The van der Waals surface area contributed by atoms with E-state index in [1.165, 1.54) is 14.0 Å². The monoisotopic (exact) mass is 341 g/mol. The Balaban J connectivity index is 1.95. The van der Waals surface area contributed by atoms with Crippen molar-refractivity contribution in [3.63, 3.8) is 0 Å². The Morgan fingerprint density at radius 3 is 2.91 bits per heavy atom. The van der Waals surface area contributed by atoms with Crippen molar-refractivity contribution in [2.45, 2.75) is 36.9 Å². The second-order valence-electron chi connectivity index (χ2n) is 5.68. The molecule has 6 nitrogen and oxygen atoms in total. The van der Waals surface area contributed by atoms with Crippen LogP contribution in [0.3, 0.4) is 0 Å². The quantitative estimate of drug-likeness (QED) is 0.808. The van der Waals surface area contributed by atoms with E-state index in [0.717, 1.165) is 12.8 Å². The first kappa shape index (κ1) is 17.7. The molecule has 0 spiro atoms. The van der Waals surface area contributed by atoms with Crippen molar-refractivity contribution in [2.24, 2.45) is 0 Å². The number of benzene rings is 1. The molecule has 1 amide bonds. The SMILES string of the molecule is COc1cccc(CS(=O)(=O)[C@@H](C)C(=O)NC[C@H]2CCCO2)c1. The Morgan fingerprint density at radius 1 is 1.48 bits per heavy atom. The van der Waals surface area contributed by atoms with Crippen LogP contribution in [-0.2, 0) is 25.1 Å². The number of sulfone groups is 1. The van der Waals surface area contributed by atoms with Crippen LogP contribution >= 0.6 is 0 Å². The van der Waals surface area contributed by atoms with E-state index in [9.17, 15) is 13.2 Å². The lowest BCUT2D eigenvalue weighted by atomic mass is 10.2. The predicted octanol–water partition coefficient (Wildman–Crippen LogP) is 1.29. The fourth-order valence-electron chi connectivity index (χ4n) is 2.45. The molecule has 2 rings (SSSR count). The maximum Gasteiger partial charge on any atom is 0.238 e. The van der Waals surface area contributed by atoms with Crippen LogP contribution in [0.2, 0.25) is 0 Å². The highest BCUT2D eigenvalue weighted by Gasteiger charge is 2.29. The highest BCUT2D eigenvalue weighted by atomic mass is 32.2. The van der Waals surface area contributed by atoms with E-state index in [0.29, 0.717) is 24.5 Å². The normalized spacial score (nSPS) is 19.3. The summed E-state index contributed by atoms with van der Waals surface area (Å²) in [6.45, 7) is 2.47. The molecule has 128 valence electrons. The third-order valence-electron chi connectivity index (χ3n) is 3.94.